The van der Waals surface area contributed by atoms with E-state index in [2.05, 4.69) is 9.97 Å². The van der Waals surface area contributed by atoms with Crippen molar-refractivity contribution in [1.29, 1.82) is 0 Å². The van der Waals surface area contributed by atoms with E-state index in [0.717, 1.165) is 6.20 Å². The molecule has 2 aliphatic rings. The summed E-state index contributed by atoms with van der Waals surface area (Å²) in [5.41, 5.74) is -0.218. The predicted molar refractivity (Wildman–Crippen MR) is 92.8 cm³/mol. The Kier molecular flexibility index (Phi) is 4.83. The molecule has 0 radical (unpaired) electrons. The number of carbonyl (C=O) groups excluding carboxylic acids is 1. The number of hydrogen-bond donors (Lipinski definition) is 1. The van der Waals surface area contributed by atoms with Crippen LogP contribution in [-0.4, -0.2) is 44.3 Å². The Balaban J connectivity index is 1.45. The standard InChI is InChI=1S/C18H17ClF4N4O/c19-12-5-11(20)2-1-10(12)8-27-13-3-4-26(14(13)6-17(27)28)9-16-24-7-15(25-16)18(21,22)23/h1-2,5,7,13-14H,3-4,6,8-9H2,(H,24,25)/t13-,14-/m0/s1. The molecule has 0 spiro atoms. The molecule has 1 N–H and O–H groups in total. The van der Waals surface area contributed by atoms with Gasteiger partial charge in [-0.15, -0.1) is 0 Å². The van der Waals surface area contributed by atoms with E-state index in [1.165, 1.54) is 12.1 Å². The molecule has 0 bridgehead atoms. The number of rotatable bonds is 4. The van der Waals surface area contributed by atoms with E-state index in [0.29, 0.717) is 18.5 Å². The number of H-pyrrole nitrogens is 1. The summed E-state index contributed by atoms with van der Waals surface area (Å²) < 4.78 is 51.4. The average molecular weight is 417 g/mol. The van der Waals surface area contributed by atoms with Crippen LogP contribution >= 0.6 is 11.6 Å². The molecule has 1 aromatic heterocycles. The van der Waals surface area contributed by atoms with Crippen LogP contribution in [0.4, 0.5) is 17.6 Å². The molecule has 2 saturated heterocycles. The minimum absolute atomic E-state index is 0.0458. The SMILES string of the molecule is O=C1C[C@H]2[C@H](CCN2Cc2ncc(C(F)(F)F)[nH]2)N1Cc1ccc(F)cc1Cl. The van der Waals surface area contributed by atoms with Crippen LogP contribution in [0.3, 0.4) is 0 Å². The first-order chi connectivity index (χ1) is 13.2. The Morgan fingerprint density at radius 3 is 2.71 bits per heavy atom. The summed E-state index contributed by atoms with van der Waals surface area (Å²) in [6.45, 7) is 1.15. The van der Waals surface area contributed by atoms with Crippen LogP contribution < -0.4 is 0 Å². The molecule has 1 aromatic carbocycles. The number of aromatic nitrogens is 2. The Hall–Kier alpha value is -2.13. The summed E-state index contributed by atoms with van der Waals surface area (Å²) in [6, 6.07) is 3.93. The van der Waals surface area contributed by atoms with Crippen molar-refractivity contribution >= 4 is 17.5 Å². The molecule has 3 heterocycles. The molecule has 0 aliphatic carbocycles. The van der Waals surface area contributed by atoms with E-state index in [1.54, 1.807) is 11.0 Å². The fraction of sp³-hybridized carbons (Fsp3) is 0.444. The van der Waals surface area contributed by atoms with Crippen molar-refractivity contribution in [1.82, 2.24) is 19.8 Å². The molecular formula is C18H17ClF4N4O. The lowest BCUT2D eigenvalue weighted by Crippen LogP contribution is -2.37. The van der Waals surface area contributed by atoms with Gasteiger partial charge in [-0.2, -0.15) is 13.2 Å². The third kappa shape index (κ3) is 3.60. The largest absolute Gasteiger partial charge is 0.432 e. The van der Waals surface area contributed by atoms with Crippen molar-refractivity contribution in [2.45, 2.75) is 44.2 Å². The number of halogens is 5. The van der Waals surface area contributed by atoms with Crippen molar-refractivity contribution < 1.29 is 22.4 Å². The average Bonchev–Trinajstić information content (AvgIpc) is 3.29. The monoisotopic (exact) mass is 416 g/mol. The van der Waals surface area contributed by atoms with Crippen molar-refractivity contribution in [2.24, 2.45) is 0 Å². The van der Waals surface area contributed by atoms with Crippen LogP contribution in [0.25, 0.3) is 0 Å². The zero-order valence-electron chi connectivity index (χ0n) is 14.6. The highest BCUT2D eigenvalue weighted by molar-refractivity contribution is 6.31. The first-order valence-electron chi connectivity index (χ1n) is 8.81. The molecule has 2 aliphatic heterocycles. The topological polar surface area (TPSA) is 52.2 Å². The summed E-state index contributed by atoms with van der Waals surface area (Å²) in [4.78, 5) is 22.3. The number of nitrogens with one attached hydrogen (secondary N) is 1. The summed E-state index contributed by atoms with van der Waals surface area (Å²) in [5, 5.41) is 0.265. The number of alkyl halides is 3. The smallest absolute Gasteiger partial charge is 0.337 e. The fourth-order valence-corrected chi connectivity index (χ4v) is 4.25. The van der Waals surface area contributed by atoms with Crippen molar-refractivity contribution in [3.8, 4) is 0 Å². The molecule has 2 fully saturated rings. The first kappa shape index (κ1) is 19.2. The van der Waals surface area contributed by atoms with Crippen molar-refractivity contribution in [3.63, 3.8) is 0 Å². The second kappa shape index (κ2) is 7.04. The van der Waals surface area contributed by atoms with Gasteiger partial charge in [-0.1, -0.05) is 17.7 Å². The van der Waals surface area contributed by atoms with Gasteiger partial charge in [0.25, 0.3) is 0 Å². The van der Waals surface area contributed by atoms with Crippen molar-refractivity contribution in [2.75, 3.05) is 6.54 Å². The molecular weight excluding hydrogens is 400 g/mol. The van der Waals surface area contributed by atoms with Crippen LogP contribution in [0.2, 0.25) is 5.02 Å². The number of imidazole rings is 1. The molecule has 2 atom stereocenters. The van der Waals surface area contributed by atoms with Gasteiger partial charge in [0.2, 0.25) is 5.91 Å². The molecule has 0 saturated carbocycles. The number of aromatic amines is 1. The summed E-state index contributed by atoms with van der Waals surface area (Å²) in [6.07, 6.45) is -2.68. The highest BCUT2D eigenvalue weighted by Gasteiger charge is 2.46. The minimum Gasteiger partial charge on any atom is -0.337 e. The van der Waals surface area contributed by atoms with Gasteiger partial charge in [-0.3, -0.25) is 9.69 Å². The molecule has 4 rings (SSSR count). The Labute approximate surface area is 163 Å². The number of hydrogen-bond acceptors (Lipinski definition) is 3. The van der Waals surface area contributed by atoms with Gasteiger partial charge in [-0.25, -0.2) is 9.37 Å². The van der Waals surface area contributed by atoms with E-state index in [1.807, 2.05) is 4.90 Å². The summed E-state index contributed by atoms with van der Waals surface area (Å²) >= 11 is 6.08. The van der Waals surface area contributed by atoms with Crippen LogP contribution in [0.15, 0.2) is 24.4 Å². The molecule has 150 valence electrons. The van der Waals surface area contributed by atoms with Gasteiger partial charge in [0.15, 0.2) is 0 Å². The minimum atomic E-state index is -4.46. The lowest BCUT2D eigenvalue weighted by atomic mass is 10.1. The second-order valence-corrected chi connectivity index (χ2v) is 7.50. The molecule has 5 nitrogen and oxygen atoms in total. The van der Waals surface area contributed by atoms with E-state index in [9.17, 15) is 22.4 Å². The molecule has 10 heteroatoms. The van der Waals surface area contributed by atoms with Gasteiger partial charge in [-0.05, 0) is 24.1 Å². The van der Waals surface area contributed by atoms with E-state index in [4.69, 9.17) is 11.6 Å². The highest BCUT2D eigenvalue weighted by atomic mass is 35.5. The lowest BCUT2D eigenvalue weighted by molar-refractivity contribution is -0.141. The van der Waals surface area contributed by atoms with E-state index < -0.39 is 17.7 Å². The Morgan fingerprint density at radius 1 is 1.25 bits per heavy atom. The maximum atomic E-state index is 13.2. The Morgan fingerprint density at radius 2 is 2.04 bits per heavy atom. The number of nitrogens with zero attached hydrogens (tertiary/aromatic N) is 3. The first-order valence-corrected chi connectivity index (χ1v) is 9.18. The van der Waals surface area contributed by atoms with Crippen LogP contribution in [-0.2, 0) is 24.1 Å². The van der Waals surface area contributed by atoms with Gasteiger partial charge < -0.3 is 9.88 Å². The molecule has 2 aromatic rings. The number of amides is 1. The zero-order valence-corrected chi connectivity index (χ0v) is 15.4. The normalized spacial score (nSPS) is 22.9. The van der Waals surface area contributed by atoms with Gasteiger partial charge in [0, 0.05) is 36.6 Å². The highest BCUT2D eigenvalue weighted by Crippen LogP contribution is 2.35. The van der Waals surface area contributed by atoms with Crippen LogP contribution in [0, 0.1) is 5.82 Å². The van der Waals surface area contributed by atoms with Gasteiger partial charge in [0.05, 0.1) is 12.7 Å². The maximum Gasteiger partial charge on any atom is 0.432 e. The van der Waals surface area contributed by atoms with Crippen LogP contribution in [0.1, 0.15) is 29.9 Å². The predicted octanol–water partition coefficient (Wildman–Crippen LogP) is 3.60. The van der Waals surface area contributed by atoms with Gasteiger partial charge in [0.1, 0.15) is 17.3 Å². The molecule has 1 amide bonds. The molecule has 28 heavy (non-hydrogen) atoms. The van der Waals surface area contributed by atoms with Crippen molar-refractivity contribution in [3.05, 3.63) is 52.3 Å². The lowest BCUT2D eigenvalue weighted by Gasteiger charge is -2.25. The Bertz CT molecular complexity index is 900. The summed E-state index contributed by atoms with van der Waals surface area (Å²) in [5.74, 6) is -0.265. The van der Waals surface area contributed by atoms with Crippen LogP contribution in [0.5, 0.6) is 0 Å². The number of fused-ring (bicyclic) bond motifs is 1. The third-order valence-electron chi connectivity index (χ3n) is 5.37. The number of carbonyl (C=O) groups is 1. The van der Waals surface area contributed by atoms with Gasteiger partial charge >= 0.3 is 6.18 Å². The number of likely N-dealkylation sites (tertiary alicyclic amines) is 2. The summed E-state index contributed by atoms with van der Waals surface area (Å²) in [7, 11) is 0. The van der Waals surface area contributed by atoms with E-state index in [-0.39, 0.29) is 48.3 Å². The zero-order chi connectivity index (χ0) is 20.1. The number of benzene rings is 1. The quantitative estimate of drug-likeness (QED) is 0.775. The van der Waals surface area contributed by atoms with E-state index >= 15 is 0 Å². The fourth-order valence-electron chi connectivity index (χ4n) is 4.02. The maximum absolute atomic E-state index is 13.2. The molecule has 0 unspecified atom stereocenters. The second-order valence-electron chi connectivity index (χ2n) is 7.10. The third-order valence-corrected chi connectivity index (χ3v) is 5.72.